The summed E-state index contributed by atoms with van der Waals surface area (Å²) >= 11 is 0. The van der Waals surface area contributed by atoms with E-state index in [1.54, 1.807) is 25.1 Å². The molecule has 0 bridgehead atoms. The van der Waals surface area contributed by atoms with Gasteiger partial charge in [-0.25, -0.2) is 4.39 Å². The first-order valence-electron chi connectivity index (χ1n) is 3.74. The summed E-state index contributed by atoms with van der Waals surface area (Å²) in [5.74, 6) is -0.788. The third kappa shape index (κ3) is 1.47. The smallest absolute Gasteiger partial charge is 0.167 e. The molecule has 0 aromatic heterocycles. The second kappa shape index (κ2) is 3.39. The molecule has 2 heteroatoms. The van der Waals surface area contributed by atoms with E-state index in [0.29, 0.717) is 17.5 Å². The normalized spacial score (nSPS) is 9.83. The number of phenols is 1. The Hall–Kier alpha value is -1.31. The summed E-state index contributed by atoms with van der Waals surface area (Å²) in [4.78, 5) is 0. The summed E-state index contributed by atoms with van der Waals surface area (Å²) in [6.45, 7) is 5.13. The molecule has 0 amide bonds. The molecule has 1 nitrogen and oxygen atoms in total. The van der Waals surface area contributed by atoms with Gasteiger partial charge in [0.1, 0.15) is 0 Å². The predicted octanol–water partition coefficient (Wildman–Crippen LogP) is 2.57. The molecule has 0 aliphatic rings. The van der Waals surface area contributed by atoms with Crippen LogP contribution in [0.4, 0.5) is 4.39 Å². The van der Waals surface area contributed by atoms with Crippen LogP contribution in [-0.2, 0) is 6.42 Å². The molecule has 1 aromatic carbocycles. The van der Waals surface area contributed by atoms with E-state index in [1.165, 1.54) is 0 Å². The maximum atomic E-state index is 13.0. The second-order valence-electron chi connectivity index (χ2n) is 2.70. The van der Waals surface area contributed by atoms with Crippen LogP contribution in [0.1, 0.15) is 11.1 Å². The van der Waals surface area contributed by atoms with E-state index in [1.807, 2.05) is 0 Å². The van der Waals surface area contributed by atoms with Crippen molar-refractivity contribution in [3.8, 4) is 5.75 Å². The van der Waals surface area contributed by atoms with E-state index in [-0.39, 0.29) is 5.75 Å². The quantitative estimate of drug-likeness (QED) is 0.669. The van der Waals surface area contributed by atoms with Gasteiger partial charge in [-0.2, -0.15) is 0 Å². The summed E-state index contributed by atoms with van der Waals surface area (Å²) in [7, 11) is 0. The number of allylic oxidation sites excluding steroid dienone is 1. The van der Waals surface area contributed by atoms with Crippen LogP contribution in [0, 0.1) is 12.7 Å². The van der Waals surface area contributed by atoms with Gasteiger partial charge in [0, 0.05) is 5.56 Å². The average molecular weight is 166 g/mol. The van der Waals surface area contributed by atoms with Crippen molar-refractivity contribution >= 4 is 0 Å². The van der Waals surface area contributed by atoms with Crippen LogP contribution in [0.2, 0.25) is 0 Å². The van der Waals surface area contributed by atoms with Crippen molar-refractivity contribution in [3.63, 3.8) is 0 Å². The Kier molecular flexibility index (Phi) is 2.48. The third-order valence-corrected chi connectivity index (χ3v) is 1.76. The topological polar surface area (TPSA) is 20.2 Å². The highest BCUT2D eigenvalue weighted by atomic mass is 19.1. The molecule has 0 unspecified atom stereocenters. The van der Waals surface area contributed by atoms with Gasteiger partial charge < -0.3 is 5.11 Å². The van der Waals surface area contributed by atoms with Crippen molar-refractivity contribution in [1.29, 1.82) is 0 Å². The van der Waals surface area contributed by atoms with Gasteiger partial charge >= 0.3 is 0 Å². The van der Waals surface area contributed by atoms with Crippen molar-refractivity contribution < 1.29 is 9.50 Å². The van der Waals surface area contributed by atoms with E-state index >= 15 is 0 Å². The van der Waals surface area contributed by atoms with Gasteiger partial charge in [-0.05, 0) is 18.9 Å². The van der Waals surface area contributed by atoms with E-state index in [2.05, 4.69) is 6.58 Å². The van der Waals surface area contributed by atoms with Crippen molar-refractivity contribution in [1.82, 2.24) is 0 Å². The summed E-state index contributed by atoms with van der Waals surface area (Å²) < 4.78 is 13.0. The molecule has 0 heterocycles. The molecule has 64 valence electrons. The highest BCUT2D eigenvalue weighted by Crippen LogP contribution is 2.24. The Morgan fingerprint density at radius 2 is 2.25 bits per heavy atom. The van der Waals surface area contributed by atoms with E-state index in [0.717, 1.165) is 0 Å². The van der Waals surface area contributed by atoms with Gasteiger partial charge in [0.2, 0.25) is 0 Å². The first kappa shape index (κ1) is 8.78. The molecule has 1 aromatic rings. The minimum atomic E-state index is -0.533. The van der Waals surface area contributed by atoms with Crippen LogP contribution < -0.4 is 0 Å². The van der Waals surface area contributed by atoms with Crippen LogP contribution in [0.3, 0.4) is 0 Å². The lowest BCUT2D eigenvalue weighted by atomic mass is 10.1. The Balaban J connectivity index is 3.16. The zero-order valence-corrected chi connectivity index (χ0v) is 6.97. The third-order valence-electron chi connectivity index (χ3n) is 1.76. The number of aromatic hydroxyl groups is 1. The molecule has 0 aliphatic carbocycles. The summed E-state index contributed by atoms with van der Waals surface area (Å²) in [6.07, 6.45) is 2.12. The molecule has 0 aliphatic heterocycles. The largest absolute Gasteiger partial charge is 0.505 e. The average Bonchev–Trinajstić information content (AvgIpc) is 2.07. The summed E-state index contributed by atoms with van der Waals surface area (Å²) in [5, 5.41) is 9.29. The van der Waals surface area contributed by atoms with Crippen LogP contribution in [0.25, 0.3) is 0 Å². The van der Waals surface area contributed by atoms with Gasteiger partial charge in [0.05, 0.1) is 0 Å². The molecule has 0 saturated heterocycles. The molecule has 0 fully saturated rings. The highest BCUT2D eigenvalue weighted by Gasteiger charge is 2.07. The minimum Gasteiger partial charge on any atom is -0.505 e. The van der Waals surface area contributed by atoms with Crippen molar-refractivity contribution in [2.75, 3.05) is 0 Å². The lowest BCUT2D eigenvalue weighted by molar-refractivity contribution is 0.425. The monoisotopic (exact) mass is 166 g/mol. The first-order valence-corrected chi connectivity index (χ1v) is 3.74. The fourth-order valence-corrected chi connectivity index (χ4v) is 1.03. The zero-order chi connectivity index (χ0) is 9.14. The fraction of sp³-hybridized carbons (Fsp3) is 0.200. The van der Waals surface area contributed by atoms with Crippen LogP contribution in [0.5, 0.6) is 5.75 Å². The molecule has 0 radical (unpaired) electrons. The number of rotatable bonds is 2. The number of hydrogen-bond acceptors (Lipinski definition) is 1. The number of hydrogen-bond donors (Lipinski definition) is 1. The molecule has 1 rings (SSSR count). The summed E-state index contributed by atoms with van der Waals surface area (Å²) in [6, 6.07) is 3.35. The lowest BCUT2D eigenvalue weighted by Crippen LogP contribution is -1.89. The number of phenolic OH excluding ortho intramolecular Hbond substituents is 1. The van der Waals surface area contributed by atoms with Gasteiger partial charge in [-0.3, -0.25) is 0 Å². The lowest BCUT2D eigenvalue weighted by Gasteiger charge is -2.04. The maximum absolute atomic E-state index is 13.0. The number of aryl methyl sites for hydroxylation is 1. The van der Waals surface area contributed by atoms with Crippen molar-refractivity contribution in [2.24, 2.45) is 0 Å². The predicted molar refractivity (Wildman–Crippen MR) is 46.7 cm³/mol. The van der Waals surface area contributed by atoms with Crippen LogP contribution in [0.15, 0.2) is 24.8 Å². The van der Waals surface area contributed by atoms with Crippen LogP contribution >= 0.6 is 0 Å². The molecule has 1 N–H and O–H groups in total. The Labute approximate surface area is 71.2 Å². The summed E-state index contributed by atoms with van der Waals surface area (Å²) in [5.41, 5.74) is 1.04. The Morgan fingerprint density at radius 1 is 1.58 bits per heavy atom. The van der Waals surface area contributed by atoms with E-state index in [9.17, 15) is 9.50 Å². The van der Waals surface area contributed by atoms with Gasteiger partial charge in [-0.15, -0.1) is 6.58 Å². The van der Waals surface area contributed by atoms with Gasteiger partial charge in [0.25, 0.3) is 0 Å². The van der Waals surface area contributed by atoms with Gasteiger partial charge in [0.15, 0.2) is 11.6 Å². The molecule has 0 spiro atoms. The SMILES string of the molecule is C=CCc1ccc(C)c(F)c1O. The second-order valence-corrected chi connectivity index (χ2v) is 2.70. The van der Waals surface area contributed by atoms with Crippen LogP contribution in [-0.4, -0.2) is 5.11 Å². The Bertz CT molecular complexity index is 305. The Morgan fingerprint density at radius 3 is 2.83 bits per heavy atom. The van der Waals surface area contributed by atoms with E-state index in [4.69, 9.17) is 0 Å². The molecule has 0 saturated carbocycles. The highest BCUT2D eigenvalue weighted by molar-refractivity contribution is 5.38. The fourth-order valence-electron chi connectivity index (χ4n) is 1.03. The molecule has 12 heavy (non-hydrogen) atoms. The van der Waals surface area contributed by atoms with Crippen molar-refractivity contribution in [2.45, 2.75) is 13.3 Å². The van der Waals surface area contributed by atoms with E-state index < -0.39 is 5.82 Å². The zero-order valence-electron chi connectivity index (χ0n) is 6.97. The van der Waals surface area contributed by atoms with Gasteiger partial charge in [-0.1, -0.05) is 18.2 Å². The minimum absolute atomic E-state index is 0.255. The standard InChI is InChI=1S/C10H11FO/c1-3-4-8-6-5-7(2)9(11)10(8)12/h3,5-6,12H,1,4H2,2H3. The number of halogens is 1. The number of benzene rings is 1. The van der Waals surface area contributed by atoms with Crippen molar-refractivity contribution in [3.05, 3.63) is 41.7 Å². The maximum Gasteiger partial charge on any atom is 0.167 e. The first-order chi connectivity index (χ1) is 5.66. The molecule has 0 atom stereocenters. The molecular formula is C10H11FO. The molecular weight excluding hydrogens is 155 g/mol.